The van der Waals surface area contributed by atoms with Gasteiger partial charge < -0.3 is 20.0 Å². The molecular weight excluding hydrogens is 340 g/mol. The third-order valence-electron chi connectivity index (χ3n) is 5.27. The molecule has 3 heterocycles. The van der Waals surface area contributed by atoms with Crippen LogP contribution in [0.15, 0.2) is 46.1 Å². The summed E-state index contributed by atoms with van der Waals surface area (Å²) in [4.78, 5) is 28.0. The Labute approximate surface area is 160 Å². The molecule has 142 valence electrons. The minimum absolute atomic E-state index is 0.0447. The summed E-state index contributed by atoms with van der Waals surface area (Å²) in [5, 5.41) is 2.97. The highest BCUT2D eigenvalue weighted by molar-refractivity contribution is 6.03. The quantitative estimate of drug-likeness (QED) is 0.894. The molecule has 0 saturated carbocycles. The summed E-state index contributed by atoms with van der Waals surface area (Å²) in [5.41, 5.74) is 2.01. The molecule has 3 aliphatic rings. The number of amidine groups is 1. The molecule has 1 aromatic rings. The van der Waals surface area contributed by atoms with Crippen LogP contribution in [0.2, 0.25) is 0 Å². The van der Waals surface area contributed by atoms with Gasteiger partial charge in [0.25, 0.3) is 0 Å². The number of urea groups is 1. The lowest BCUT2D eigenvalue weighted by Gasteiger charge is -2.36. The molecule has 2 amide bonds. The fourth-order valence-electron chi connectivity index (χ4n) is 3.50. The van der Waals surface area contributed by atoms with Gasteiger partial charge in [0.1, 0.15) is 11.7 Å². The van der Waals surface area contributed by atoms with Crippen molar-refractivity contribution in [2.24, 2.45) is 9.98 Å². The fourth-order valence-corrected chi connectivity index (χ4v) is 3.50. The Hall–Kier alpha value is -2.83. The number of rotatable bonds is 3. The second kappa shape index (κ2) is 7.42. The molecule has 0 aliphatic carbocycles. The van der Waals surface area contributed by atoms with Gasteiger partial charge in [-0.15, -0.1) is 0 Å². The molecule has 1 saturated heterocycles. The van der Waals surface area contributed by atoms with Crippen molar-refractivity contribution in [3.8, 4) is 0 Å². The van der Waals surface area contributed by atoms with Crippen molar-refractivity contribution in [3.63, 3.8) is 0 Å². The molecular formula is C20H26N6O. The number of aliphatic imine (C=N–C) groups is 2. The number of aryl methyl sites for hydroxylation is 1. The maximum Gasteiger partial charge on any atom is 0.321 e. The zero-order valence-electron chi connectivity index (χ0n) is 15.9. The van der Waals surface area contributed by atoms with Gasteiger partial charge >= 0.3 is 6.03 Å². The normalized spacial score (nSPS) is 21.7. The Kier molecular flexibility index (Phi) is 4.83. The van der Waals surface area contributed by atoms with Gasteiger partial charge in [-0.2, -0.15) is 0 Å². The number of nitrogens with zero attached hydrogens (tertiary/aromatic N) is 5. The maximum atomic E-state index is 12.5. The van der Waals surface area contributed by atoms with Crippen molar-refractivity contribution in [1.82, 2.24) is 14.7 Å². The summed E-state index contributed by atoms with van der Waals surface area (Å²) in [6.45, 7) is 8.02. The van der Waals surface area contributed by atoms with Crippen LogP contribution in [0.5, 0.6) is 0 Å². The number of benzene rings is 1. The first-order chi connectivity index (χ1) is 13.1. The van der Waals surface area contributed by atoms with Crippen molar-refractivity contribution >= 4 is 23.9 Å². The first-order valence-corrected chi connectivity index (χ1v) is 9.60. The van der Waals surface area contributed by atoms with Crippen LogP contribution in [-0.2, 0) is 0 Å². The summed E-state index contributed by atoms with van der Waals surface area (Å²) >= 11 is 0. The third-order valence-corrected chi connectivity index (χ3v) is 5.27. The van der Waals surface area contributed by atoms with Gasteiger partial charge in [0.05, 0.1) is 12.4 Å². The molecule has 0 radical (unpaired) electrons. The number of hydrogen-bond acceptors (Lipinski definition) is 5. The van der Waals surface area contributed by atoms with Crippen LogP contribution >= 0.6 is 0 Å². The van der Waals surface area contributed by atoms with E-state index >= 15 is 0 Å². The number of amides is 2. The van der Waals surface area contributed by atoms with E-state index in [2.05, 4.69) is 33.1 Å². The average Bonchev–Trinajstić information content (AvgIpc) is 3.12. The van der Waals surface area contributed by atoms with Crippen LogP contribution in [0.4, 0.5) is 10.5 Å². The summed E-state index contributed by atoms with van der Waals surface area (Å²) in [7, 11) is 0. The highest BCUT2D eigenvalue weighted by atomic mass is 16.2. The van der Waals surface area contributed by atoms with Gasteiger partial charge in [-0.1, -0.05) is 24.6 Å². The molecule has 27 heavy (non-hydrogen) atoms. The van der Waals surface area contributed by atoms with Crippen LogP contribution in [0.25, 0.3) is 0 Å². The Morgan fingerprint density at radius 3 is 2.63 bits per heavy atom. The largest absolute Gasteiger partial charge is 0.353 e. The van der Waals surface area contributed by atoms with Crippen LogP contribution in [-0.4, -0.2) is 71.7 Å². The van der Waals surface area contributed by atoms with Gasteiger partial charge in [0.15, 0.2) is 0 Å². The Morgan fingerprint density at radius 1 is 1.19 bits per heavy atom. The Morgan fingerprint density at radius 2 is 1.93 bits per heavy atom. The molecule has 7 heteroatoms. The van der Waals surface area contributed by atoms with Crippen molar-refractivity contribution < 1.29 is 4.79 Å². The number of piperazine rings is 1. The predicted octanol–water partition coefficient (Wildman–Crippen LogP) is 2.52. The average molecular weight is 366 g/mol. The molecule has 0 aromatic heterocycles. The smallest absolute Gasteiger partial charge is 0.321 e. The van der Waals surface area contributed by atoms with E-state index in [1.54, 1.807) is 0 Å². The third kappa shape index (κ3) is 3.82. The minimum atomic E-state index is -0.0447. The lowest BCUT2D eigenvalue weighted by atomic mass is 10.2. The van der Waals surface area contributed by atoms with Gasteiger partial charge in [0.2, 0.25) is 0 Å². The van der Waals surface area contributed by atoms with E-state index in [1.165, 1.54) is 5.56 Å². The lowest BCUT2D eigenvalue weighted by molar-refractivity contribution is 0.167. The molecule has 0 spiro atoms. The number of hydrogen-bond donors (Lipinski definition) is 1. The van der Waals surface area contributed by atoms with Crippen molar-refractivity contribution in [2.75, 3.05) is 38.0 Å². The molecule has 1 aromatic carbocycles. The summed E-state index contributed by atoms with van der Waals surface area (Å²) < 4.78 is 0. The maximum absolute atomic E-state index is 12.5. The van der Waals surface area contributed by atoms with E-state index in [-0.39, 0.29) is 6.03 Å². The molecule has 1 fully saturated rings. The molecule has 1 N–H and O–H groups in total. The molecule has 4 rings (SSSR count). The van der Waals surface area contributed by atoms with Crippen molar-refractivity contribution in [1.29, 1.82) is 0 Å². The fraction of sp³-hybridized carbons (Fsp3) is 0.450. The standard InChI is InChI=1S/C20H26N6O/c1-3-16-13-26-14-21-18(12-19(26)22-16)24-8-10-25(11-9-24)20(27)23-17-6-4-15(2)5-7-17/h4-7,12,14,16H,3,8-11,13H2,1-2H3,(H,23,27)/t16-/m0/s1. The molecule has 3 aliphatic heterocycles. The molecule has 1 atom stereocenters. The Bertz CT molecular complexity index is 789. The van der Waals surface area contributed by atoms with Crippen molar-refractivity contribution in [3.05, 3.63) is 41.7 Å². The summed E-state index contributed by atoms with van der Waals surface area (Å²) in [6.07, 6.45) is 5.00. The van der Waals surface area contributed by atoms with Crippen LogP contribution < -0.4 is 5.32 Å². The zero-order chi connectivity index (χ0) is 18.8. The molecule has 7 nitrogen and oxygen atoms in total. The van der Waals surface area contributed by atoms with Crippen LogP contribution in [0.1, 0.15) is 18.9 Å². The van der Waals surface area contributed by atoms with E-state index in [1.807, 2.05) is 42.4 Å². The second-order valence-electron chi connectivity index (χ2n) is 7.22. The summed E-state index contributed by atoms with van der Waals surface area (Å²) in [6, 6.07) is 8.19. The second-order valence-corrected chi connectivity index (χ2v) is 7.22. The topological polar surface area (TPSA) is 63.5 Å². The minimum Gasteiger partial charge on any atom is -0.353 e. The SMILES string of the molecule is CC[C@H]1CN2C=NC(N3CCN(C(=O)Nc4ccc(C)cc4)CC3)=CC2=N1. The van der Waals surface area contributed by atoms with Gasteiger partial charge in [-0.05, 0) is 25.5 Å². The predicted molar refractivity (Wildman–Crippen MR) is 108 cm³/mol. The van der Waals surface area contributed by atoms with Crippen LogP contribution in [0, 0.1) is 6.92 Å². The van der Waals surface area contributed by atoms with E-state index in [9.17, 15) is 4.79 Å². The lowest BCUT2D eigenvalue weighted by Crippen LogP contribution is -2.49. The van der Waals surface area contributed by atoms with Crippen molar-refractivity contribution in [2.45, 2.75) is 26.3 Å². The molecule has 0 bridgehead atoms. The van der Waals surface area contributed by atoms with Gasteiger partial charge in [-0.3, -0.25) is 4.99 Å². The summed E-state index contributed by atoms with van der Waals surface area (Å²) in [5.74, 6) is 1.95. The number of nitrogens with one attached hydrogen (secondary N) is 1. The van der Waals surface area contributed by atoms with Crippen LogP contribution in [0.3, 0.4) is 0 Å². The highest BCUT2D eigenvalue weighted by Crippen LogP contribution is 2.20. The monoisotopic (exact) mass is 366 g/mol. The number of carbonyl (C=O) groups excluding carboxylic acids is 1. The first kappa shape index (κ1) is 17.6. The van der Waals surface area contributed by atoms with E-state index < -0.39 is 0 Å². The highest BCUT2D eigenvalue weighted by Gasteiger charge is 2.27. The van der Waals surface area contributed by atoms with Gasteiger partial charge in [-0.25, -0.2) is 9.79 Å². The number of carbonyl (C=O) groups is 1. The Balaban J connectivity index is 1.33. The van der Waals surface area contributed by atoms with E-state index in [0.29, 0.717) is 19.1 Å². The van der Waals surface area contributed by atoms with E-state index in [4.69, 9.17) is 4.99 Å². The molecule has 0 unspecified atom stereocenters. The number of anilines is 1. The first-order valence-electron chi connectivity index (χ1n) is 9.60. The number of fused-ring (bicyclic) bond motifs is 1. The van der Waals surface area contributed by atoms with E-state index in [0.717, 1.165) is 43.4 Å². The zero-order valence-corrected chi connectivity index (χ0v) is 15.9. The van der Waals surface area contributed by atoms with Gasteiger partial charge in [0, 0.05) is 44.5 Å².